The van der Waals surface area contributed by atoms with Gasteiger partial charge in [-0.3, -0.25) is 4.79 Å². The van der Waals surface area contributed by atoms with E-state index in [4.69, 9.17) is 5.11 Å². The van der Waals surface area contributed by atoms with E-state index < -0.39 is 5.97 Å². The molecule has 0 bridgehead atoms. The van der Waals surface area contributed by atoms with Crippen molar-refractivity contribution < 1.29 is 14.7 Å². The van der Waals surface area contributed by atoms with Crippen LogP contribution in [0.3, 0.4) is 0 Å². The van der Waals surface area contributed by atoms with Crippen molar-refractivity contribution in [3.8, 4) is 0 Å². The highest BCUT2D eigenvalue weighted by atomic mass is 32.2. The number of aromatic nitrogens is 3. The van der Waals surface area contributed by atoms with Gasteiger partial charge in [-0.05, 0) is 19.1 Å². The smallest absolute Gasteiger partial charge is 0.325 e. The third-order valence-corrected chi connectivity index (χ3v) is 5.00. The third kappa shape index (κ3) is 4.35. The molecule has 0 unspecified atom stereocenters. The molecular formula is C12H19N5O3S. The normalized spacial score (nSPS) is 16.0. The maximum atomic E-state index is 11.7. The Hall–Kier alpha value is -1.77. The van der Waals surface area contributed by atoms with Crippen molar-refractivity contribution in [1.82, 2.24) is 25.6 Å². The third-order valence-electron chi connectivity index (χ3n) is 3.58. The van der Waals surface area contributed by atoms with Crippen LogP contribution < -0.4 is 10.6 Å². The fraction of sp³-hybridized carbons (Fsp3) is 0.667. The van der Waals surface area contributed by atoms with Gasteiger partial charge in [0.2, 0.25) is 0 Å². The quantitative estimate of drug-likeness (QED) is 0.674. The molecule has 0 spiro atoms. The number of carboxylic acid groups (broad SMARTS) is 1. The van der Waals surface area contributed by atoms with Crippen LogP contribution in [0, 0.1) is 0 Å². The molecule has 0 atom stereocenters. The molecule has 9 heteroatoms. The molecule has 2 amide bonds. The zero-order valence-corrected chi connectivity index (χ0v) is 12.7. The van der Waals surface area contributed by atoms with Crippen LogP contribution in [0.1, 0.15) is 25.0 Å². The van der Waals surface area contributed by atoms with Gasteiger partial charge in [0.05, 0.1) is 12.7 Å². The van der Waals surface area contributed by atoms with Crippen molar-refractivity contribution in [2.24, 2.45) is 0 Å². The molecular weight excluding hydrogens is 294 g/mol. The molecule has 0 aliphatic heterocycles. The van der Waals surface area contributed by atoms with Crippen LogP contribution in [0.2, 0.25) is 0 Å². The monoisotopic (exact) mass is 313 g/mol. The molecule has 1 aliphatic carbocycles. The highest BCUT2D eigenvalue weighted by Crippen LogP contribution is 2.42. The van der Waals surface area contributed by atoms with Crippen molar-refractivity contribution >= 4 is 23.8 Å². The number of urea groups is 1. The number of rotatable bonds is 7. The highest BCUT2D eigenvalue weighted by Gasteiger charge is 2.36. The zero-order chi connectivity index (χ0) is 15.3. The fourth-order valence-electron chi connectivity index (χ4n) is 2.13. The summed E-state index contributed by atoms with van der Waals surface area (Å²) >= 11 is 1.80. The lowest BCUT2D eigenvalue weighted by atomic mass is 9.84. The Morgan fingerprint density at radius 3 is 2.81 bits per heavy atom. The average Bonchev–Trinajstić information content (AvgIpc) is 2.82. The van der Waals surface area contributed by atoms with Crippen molar-refractivity contribution in [3.05, 3.63) is 11.9 Å². The van der Waals surface area contributed by atoms with Gasteiger partial charge in [-0.25, -0.2) is 9.48 Å². The van der Waals surface area contributed by atoms with Crippen LogP contribution in [0.5, 0.6) is 0 Å². The van der Waals surface area contributed by atoms with Gasteiger partial charge in [0.15, 0.2) is 0 Å². The molecule has 3 N–H and O–H groups in total. The summed E-state index contributed by atoms with van der Waals surface area (Å²) in [5.74, 6) is -0.986. The summed E-state index contributed by atoms with van der Waals surface area (Å²) in [6.07, 6.45) is 7.07. The van der Waals surface area contributed by atoms with Crippen LogP contribution >= 0.6 is 11.8 Å². The molecule has 116 valence electrons. The minimum Gasteiger partial charge on any atom is -0.480 e. The molecule has 1 aliphatic rings. The Labute approximate surface area is 126 Å². The molecule has 0 aromatic carbocycles. The summed E-state index contributed by atoms with van der Waals surface area (Å²) in [4.78, 5) is 22.2. The lowest BCUT2D eigenvalue weighted by Crippen LogP contribution is -2.47. The predicted octanol–water partition coefficient (Wildman–Crippen LogP) is 0.448. The van der Waals surface area contributed by atoms with Gasteiger partial charge in [-0.1, -0.05) is 11.6 Å². The van der Waals surface area contributed by atoms with Crippen LogP contribution in [0.25, 0.3) is 0 Å². The molecule has 2 rings (SSSR count). The first-order valence-corrected chi connectivity index (χ1v) is 7.93. The second-order valence-electron chi connectivity index (χ2n) is 5.08. The first kappa shape index (κ1) is 15.6. The molecule has 0 saturated heterocycles. The van der Waals surface area contributed by atoms with Gasteiger partial charge in [0.25, 0.3) is 0 Å². The maximum Gasteiger partial charge on any atom is 0.325 e. The summed E-state index contributed by atoms with van der Waals surface area (Å²) in [5.41, 5.74) is 0.523. The standard InChI is InChI=1S/C12H19N5O3S/c1-21-12(3-2-4-12)8-14-11(20)13-5-9-6-17(16-15-9)7-10(18)19/h6H,2-5,7-8H2,1H3,(H,18,19)(H2,13,14,20). The second kappa shape index (κ2) is 6.79. The van der Waals surface area contributed by atoms with Crippen LogP contribution in [0.15, 0.2) is 6.20 Å². The van der Waals surface area contributed by atoms with Crippen LogP contribution in [-0.2, 0) is 17.9 Å². The van der Waals surface area contributed by atoms with E-state index in [9.17, 15) is 9.59 Å². The number of aliphatic carboxylic acids is 1. The Balaban J connectivity index is 1.71. The van der Waals surface area contributed by atoms with E-state index in [1.54, 1.807) is 11.8 Å². The van der Waals surface area contributed by atoms with Crippen molar-refractivity contribution in [2.45, 2.75) is 37.1 Å². The predicted molar refractivity (Wildman–Crippen MR) is 78.0 cm³/mol. The van der Waals surface area contributed by atoms with E-state index in [1.807, 2.05) is 0 Å². The first-order chi connectivity index (χ1) is 10.0. The molecule has 1 aromatic heterocycles. The first-order valence-electron chi connectivity index (χ1n) is 6.71. The number of nitrogens with one attached hydrogen (secondary N) is 2. The van der Waals surface area contributed by atoms with Crippen molar-refractivity contribution in [2.75, 3.05) is 12.8 Å². The summed E-state index contributed by atoms with van der Waals surface area (Å²) in [6.45, 7) is 0.638. The molecule has 0 radical (unpaired) electrons. The molecule has 21 heavy (non-hydrogen) atoms. The van der Waals surface area contributed by atoms with Crippen LogP contribution in [0.4, 0.5) is 4.79 Å². The van der Waals surface area contributed by atoms with E-state index in [2.05, 4.69) is 27.2 Å². The maximum absolute atomic E-state index is 11.7. The number of carboxylic acids is 1. The topological polar surface area (TPSA) is 109 Å². The van der Waals surface area contributed by atoms with E-state index in [0.717, 1.165) is 12.8 Å². The van der Waals surface area contributed by atoms with Gasteiger partial charge in [-0.2, -0.15) is 11.8 Å². The van der Waals surface area contributed by atoms with E-state index in [0.29, 0.717) is 12.2 Å². The Bertz CT molecular complexity index is 509. The summed E-state index contributed by atoms with van der Waals surface area (Å²) in [5, 5.41) is 21.6. The number of hydrogen-bond donors (Lipinski definition) is 3. The number of nitrogens with zero attached hydrogens (tertiary/aromatic N) is 3. The number of amides is 2. The van der Waals surface area contributed by atoms with Gasteiger partial charge in [0.1, 0.15) is 12.2 Å². The van der Waals surface area contributed by atoms with Gasteiger partial charge < -0.3 is 15.7 Å². The van der Waals surface area contributed by atoms with Crippen molar-refractivity contribution in [3.63, 3.8) is 0 Å². The minimum atomic E-state index is -0.986. The van der Waals surface area contributed by atoms with E-state index in [-0.39, 0.29) is 23.9 Å². The van der Waals surface area contributed by atoms with Gasteiger partial charge in [0, 0.05) is 11.3 Å². The highest BCUT2D eigenvalue weighted by molar-refractivity contribution is 8.00. The van der Waals surface area contributed by atoms with Crippen molar-refractivity contribution in [1.29, 1.82) is 0 Å². The molecule has 8 nitrogen and oxygen atoms in total. The fourth-order valence-corrected chi connectivity index (χ4v) is 3.05. The molecule has 1 heterocycles. The molecule has 1 aromatic rings. The Morgan fingerprint density at radius 1 is 1.48 bits per heavy atom. The van der Waals surface area contributed by atoms with E-state index >= 15 is 0 Å². The zero-order valence-electron chi connectivity index (χ0n) is 11.8. The Morgan fingerprint density at radius 2 is 2.24 bits per heavy atom. The lowest BCUT2D eigenvalue weighted by molar-refractivity contribution is -0.137. The number of carbonyl (C=O) groups excluding carboxylic acids is 1. The van der Waals surface area contributed by atoms with Gasteiger partial charge >= 0.3 is 12.0 Å². The van der Waals surface area contributed by atoms with Gasteiger partial charge in [-0.15, -0.1) is 5.10 Å². The summed E-state index contributed by atoms with van der Waals surface area (Å²) in [6, 6.07) is -0.247. The van der Waals surface area contributed by atoms with Crippen LogP contribution in [-0.4, -0.2) is 49.6 Å². The number of hydrogen-bond acceptors (Lipinski definition) is 5. The summed E-state index contributed by atoms with van der Waals surface area (Å²) in [7, 11) is 0. The number of thioether (sulfide) groups is 1. The Kier molecular flexibility index (Phi) is 5.05. The van der Waals surface area contributed by atoms with E-state index in [1.165, 1.54) is 17.3 Å². The number of carbonyl (C=O) groups is 2. The SMILES string of the molecule is CSC1(CNC(=O)NCc2cn(CC(=O)O)nn2)CCC1. The lowest BCUT2D eigenvalue weighted by Gasteiger charge is -2.40. The average molecular weight is 313 g/mol. The largest absolute Gasteiger partial charge is 0.480 e. The minimum absolute atomic E-state index is 0.196. The summed E-state index contributed by atoms with van der Waals surface area (Å²) < 4.78 is 1.41. The molecule has 1 fully saturated rings. The second-order valence-corrected chi connectivity index (χ2v) is 6.35. The molecule has 1 saturated carbocycles.